The lowest BCUT2D eigenvalue weighted by atomic mass is 9.99. The fourth-order valence-electron chi connectivity index (χ4n) is 2.02. The number of nitrogens with one attached hydrogen (secondary N) is 1. The Balaban J connectivity index is 1.96. The Morgan fingerprint density at radius 1 is 1.11 bits per heavy atom. The van der Waals surface area contributed by atoms with Crippen molar-refractivity contribution in [1.82, 2.24) is 0 Å². The van der Waals surface area contributed by atoms with Gasteiger partial charge < -0.3 is 5.32 Å². The van der Waals surface area contributed by atoms with Crippen LogP contribution in [0.15, 0.2) is 48.5 Å². The van der Waals surface area contributed by atoms with Gasteiger partial charge in [-0.15, -0.1) is 0 Å². The number of benzene rings is 2. The van der Waals surface area contributed by atoms with E-state index in [-0.39, 0.29) is 0 Å². The Hall–Kier alpha value is -1.47. The van der Waals surface area contributed by atoms with E-state index >= 15 is 0 Å². The summed E-state index contributed by atoms with van der Waals surface area (Å²) in [5.41, 5.74) is 3.74. The summed E-state index contributed by atoms with van der Waals surface area (Å²) >= 11 is 5.97. The van der Waals surface area contributed by atoms with Crippen molar-refractivity contribution in [3.63, 3.8) is 0 Å². The third kappa shape index (κ3) is 4.00. The van der Waals surface area contributed by atoms with E-state index in [1.54, 1.807) is 0 Å². The van der Waals surface area contributed by atoms with E-state index in [9.17, 15) is 0 Å². The molecule has 0 saturated carbocycles. The van der Waals surface area contributed by atoms with Crippen molar-refractivity contribution in [2.75, 3.05) is 5.32 Å². The molecule has 0 aliphatic carbocycles. The van der Waals surface area contributed by atoms with Crippen molar-refractivity contribution in [1.29, 1.82) is 0 Å². The second kappa shape index (κ2) is 6.63. The largest absolute Gasteiger partial charge is 0.381 e. The summed E-state index contributed by atoms with van der Waals surface area (Å²) in [5, 5.41) is 4.20. The predicted molar refractivity (Wildman–Crippen MR) is 83.9 cm³/mol. The molecule has 0 saturated heterocycles. The molecule has 0 bridgehead atoms. The predicted octanol–water partition coefficient (Wildman–Crippen LogP) is 5.47. The molecule has 0 aromatic heterocycles. The molecule has 2 heteroatoms. The standard InChI is InChI=1S/C17H20ClN/c1-3-13(2)15-7-9-17(10-8-15)19-12-14-5-4-6-16(18)11-14/h4-11,13,19H,3,12H2,1-2H3. The molecule has 1 atom stereocenters. The van der Waals surface area contributed by atoms with Crippen LogP contribution in [-0.2, 0) is 6.54 Å². The molecular formula is C17H20ClN. The summed E-state index contributed by atoms with van der Waals surface area (Å²) in [7, 11) is 0. The van der Waals surface area contributed by atoms with Crippen LogP contribution in [0.3, 0.4) is 0 Å². The van der Waals surface area contributed by atoms with Crippen LogP contribution in [0.25, 0.3) is 0 Å². The van der Waals surface area contributed by atoms with Gasteiger partial charge in [0, 0.05) is 17.3 Å². The molecule has 1 nitrogen and oxygen atoms in total. The minimum atomic E-state index is 0.627. The monoisotopic (exact) mass is 273 g/mol. The van der Waals surface area contributed by atoms with Crippen molar-refractivity contribution in [2.24, 2.45) is 0 Å². The number of halogens is 1. The maximum absolute atomic E-state index is 5.97. The lowest BCUT2D eigenvalue weighted by Gasteiger charge is -2.11. The topological polar surface area (TPSA) is 12.0 Å². The van der Waals surface area contributed by atoms with Crippen LogP contribution in [0.5, 0.6) is 0 Å². The highest BCUT2D eigenvalue weighted by atomic mass is 35.5. The smallest absolute Gasteiger partial charge is 0.0409 e. The van der Waals surface area contributed by atoms with E-state index in [0.717, 1.165) is 17.3 Å². The molecule has 19 heavy (non-hydrogen) atoms. The van der Waals surface area contributed by atoms with Gasteiger partial charge in [-0.1, -0.05) is 49.7 Å². The maximum Gasteiger partial charge on any atom is 0.0409 e. The molecule has 0 aliphatic rings. The molecule has 1 N–H and O–H groups in total. The Morgan fingerprint density at radius 2 is 1.84 bits per heavy atom. The van der Waals surface area contributed by atoms with Crippen LogP contribution in [0, 0.1) is 0 Å². The Bertz CT molecular complexity index is 519. The fraction of sp³-hybridized carbons (Fsp3) is 0.294. The third-order valence-electron chi connectivity index (χ3n) is 3.48. The lowest BCUT2D eigenvalue weighted by Crippen LogP contribution is -1.99. The Kier molecular flexibility index (Phi) is 4.86. The first-order chi connectivity index (χ1) is 9.19. The van der Waals surface area contributed by atoms with Gasteiger partial charge in [0.05, 0.1) is 0 Å². The van der Waals surface area contributed by atoms with E-state index < -0.39 is 0 Å². The van der Waals surface area contributed by atoms with Crippen LogP contribution in [-0.4, -0.2) is 0 Å². The highest BCUT2D eigenvalue weighted by Crippen LogP contribution is 2.21. The quantitative estimate of drug-likeness (QED) is 0.762. The highest BCUT2D eigenvalue weighted by Gasteiger charge is 2.02. The summed E-state index contributed by atoms with van der Waals surface area (Å²) in [4.78, 5) is 0. The molecule has 0 fully saturated rings. The van der Waals surface area contributed by atoms with Crippen LogP contribution < -0.4 is 5.32 Å². The van der Waals surface area contributed by atoms with Crippen molar-refractivity contribution >= 4 is 17.3 Å². The van der Waals surface area contributed by atoms with E-state index in [1.807, 2.05) is 18.2 Å². The van der Waals surface area contributed by atoms with Gasteiger partial charge in [0.25, 0.3) is 0 Å². The maximum atomic E-state index is 5.97. The minimum absolute atomic E-state index is 0.627. The van der Waals surface area contributed by atoms with Gasteiger partial charge in [-0.05, 0) is 47.7 Å². The minimum Gasteiger partial charge on any atom is -0.381 e. The van der Waals surface area contributed by atoms with Gasteiger partial charge in [0.1, 0.15) is 0 Å². The Labute approximate surface area is 120 Å². The van der Waals surface area contributed by atoms with Gasteiger partial charge in [0.2, 0.25) is 0 Å². The zero-order valence-corrected chi connectivity index (χ0v) is 12.2. The fourth-order valence-corrected chi connectivity index (χ4v) is 2.23. The molecule has 2 aromatic rings. The normalized spacial score (nSPS) is 12.2. The molecule has 100 valence electrons. The lowest BCUT2D eigenvalue weighted by molar-refractivity contribution is 0.734. The number of rotatable bonds is 5. The summed E-state index contributed by atoms with van der Waals surface area (Å²) < 4.78 is 0. The van der Waals surface area contributed by atoms with Crippen LogP contribution in [0.2, 0.25) is 5.02 Å². The SMILES string of the molecule is CCC(C)c1ccc(NCc2cccc(Cl)c2)cc1. The third-order valence-corrected chi connectivity index (χ3v) is 3.71. The molecular weight excluding hydrogens is 254 g/mol. The number of anilines is 1. The zero-order chi connectivity index (χ0) is 13.7. The van der Waals surface area contributed by atoms with Gasteiger partial charge >= 0.3 is 0 Å². The van der Waals surface area contributed by atoms with Crippen molar-refractivity contribution in [3.05, 3.63) is 64.7 Å². The van der Waals surface area contributed by atoms with Crippen molar-refractivity contribution in [3.8, 4) is 0 Å². The van der Waals surface area contributed by atoms with Crippen LogP contribution >= 0.6 is 11.6 Å². The molecule has 0 amide bonds. The molecule has 0 spiro atoms. The molecule has 2 aromatic carbocycles. The summed E-state index contributed by atoms with van der Waals surface area (Å²) in [6, 6.07) is 16.6. The van der Waals surface area contributed by atoms with E-state index in [4.69, 9.17) is 11.6 Å². The van der Waals surface area contributed by atoms with Gasteiger partial charge in [-0.25, -0.2) is 0 Å². The molecule has 0 aliphatic heterocycles. The zero-order valence-electron chi connectivity index (χ0n) is 11.5. The van der Waals surface area contributed by atoms with Gasteiger partial charge in [-0.2, -0.15) is 0 Å². The van der Waals surface area contributed by atoms with Crippen LogP contribution in [0.4, 0.5) is 5.69 Å². The van der Waals surface area contributed by atoms with Gasteiger partial charge in [-0.3, -0.25) is 0 Å². The Morgan fingerprint density at radius 3 is 2.47 bits per heavy atom. The first-order valence-electron chi connectivity index (χ1n) is 6.77. The summed E-state index contributed by atoms with van der Waals surface area (Å²) in [5.74, 6) is 0.627. The average molecular weight is 274 g/mol. The highest BCUT2D eigenvalue weighted by molar-refractivity contribution is 6.30. The molecule has 2 rings (SSSR count). The van der Waals surface area contributed by atoms with Crippen molar-refractivity contribution in [2.45, 2.75) is 32.7 Å². The molecule has 0 heterocycles. The first kappa shape index (κ1) is 14.0. The average Bonchev–Trinajstić information content (AvgIpc) is 2.45. The van der Waals surface area contributed by atoms with E-state index in [0.29, 0.717) is 5.92 Å². The second-order valence-electron chi connectivity index (χ2n) is 4.91. The first-order valence-corrected chi connectivity index (χ1v) is 7.15. The summed E-state index contributed by atoms with van der Waals surface area (Å²) in [6.07, 6.45) is 1.18. The summed E-state index contributed by atoms with van der Waals surface area (Å²) in [6.45, 7) is 5.27. The number of hydrogen-bond acceptors (Lipinski definition) is 1. The second-order valence-corrected chi connectivity index (χ2v) is 5.35. The number of hydrogen-bond donors (Lipinski definition) is 1. The van der Waals surface area contributed by atoms with E-state index in [2.05, 4.69) is 49.5 Å². The molecule has 1 unspecified atom stereocenters. The van der Waals surface area contributed by atoms with Crippen molar-refractivity contribution < 1.29 is 0 Å². The van der Waals surface area contributed by atoms with Gasteiger partial charge in [0.15, 0.2) is 0 Å². The van der Waals surface area contributed by atoms with E-state index in [1.165, 1.54) is 17.5 Å². The van der Waals surface area contributed by atoms with Crippen LogP contribution in [0.1, 0.15) is 37.3 Å². The molecule has 0 radical (unpaired) electrons.